The molecule has 0 saturated carbocycles. The summed E-state index contributed by atoms with van der Waals surface area (Å²) >= 11 is 0. The van der Waals surface area contributed by atoms with Gasteiger partial charge in [-0.3, -0.25) is 18.6 Å². The number of nitrogens with zero attached hydrogens (tertiary/aromatic N) is 1. The lowest BCUT2D eigenvalue weighted by atomic mass is 10.1. The molecule has 0 aliphatic rings. The molecule has 0 amide bonds. The maximum absolute atomic E-state index is 12.7. The van der Waals surface area contributed by atoms with Crippen LogP contribution < -0.4 is 0 Å². The van der Waals surface area contributed by atoms with Crippen LogP contribution in [0.5, 0.6) is 0 Å². The van der Waals surface area contributed by atoms with E-state index in [4.69, 9.17) is 18.5 Å². The van der Waals surface area contributed by atoms with Gasteiger partial charge in [0.05, 0.1) is 27.7 Å². The summed E-state index contributed by atoms with van der Waals surface area (Å²) in [6.45, 7) is 4.19. The predicted molar refractivity (Wildman–Crippen MR) is 242 cm³/mol. The largest absolute Gasteiger partial charge is 0.472 e. The number of phosphoric ester groups is 1. The Hall–Kier alpha value is -2.81. The second-order valence-corrected chi connectivity index (χ2v) is 17.1. The third kappa shape index (κ3) is 42.8. The number of rotatable bonds is 39. The monoisotopic (exact) mass is 833 g/mol. The SMILES string of the molecule is CC/C=C/C/C=C/C/C=C/C/C=C/C/C=C/C/C=C/CCC(=O)O[C@H](COC(=O)CCCCCCC/C=C\CCCCCCCC)COP(=O)(O)OCC[N+](C)(C)C. The fourth-order valence-corrected chi connectivity index (χ4v) is 6.19. The van der Waals surface area contributed by atoms with E-state index >= 15 is 0 Å². The van der Waals surface area contributed by atoms with Gasteiger partial charge >= 0.3 is 19.8 Å². The molecule has 1 unspecified atom stereocenters. The van der Waals surface area contributed by atoms with Crippen LogP contribution in [0, 0.1) is 0 Å². The van der Waals surface area contributed by atoms with Gasteiger partial charge in [0.25, 0.3) is 0 Å². The van der Waals surface area contributed by atoms with Crippen LogP contribution in [0.2, 0.25) is 0 Å². The first kappa shape index (κ1) is 55.2. The van der Waals surface area contributed by atoms with Crippen LogP contribution in [-0.4, -0.2) is 74.9 Å². The van der Waals surface area contributed by atoms with Gasteiger partial charge in [0.15, 0.2) is 6.10 Å². The Kier molecular flexibility index (Phi) is 37.7. The van der Waals surface area contributed by atoms with Crippen LogP contribution >= 0.6 is 7.82 Å². The van der Waals surface area contributed by atoms with Crippen LogP contribution in [0.15, 0.2) is 85.1 Å². The van der Waals surface area contributed by atoms with Crippen molar-refractivity contribution in [3.05, 3.63) is 85.1 Å². The molecule has 0 heterocycles. The summed E-state index contributed by atoms with van der Waals surface area (Å²) in [7, 11) is 1.41. The lowest BCUT2D eigenvalue weighted by molar-refractivity contribution is -0.870. The van der Waals surface area contributed by atoms with Gasteiger partial charge in [0.2, 0.25) is 0 Å². The number of hydrogen-bond donors (Lipinski definition) is 1. The summed E-state index contributed by atoms with van der Waals surface area (Å²) in [6.07, 6.45) is 50.8. The van der Waals surface area contributed by atoms with Gasteiger partial charge in [-0.25, -0.2) is 4.57 Å². The Morgan fingerprint density at radius 2 is 1.02 bits per heavy atom. The van der Waals surface area contributed by atoms with Crippen molar-refractivity contribution in [3.8, 4) is 0 Å². The molecule has 332 valence electrons. The van der Waals surface area contributed by atoms with Crippen molar-refractivity contribution in [2.45, 2.75) is 161 Å². The van der Waals surface area contributed by atoms with Gasteiger partial charge in [-0.15, -0.1) is 0 Å². The van der Waals surface area contributed by atoms with Gasteiger partial charge < -0.3 is 18.9 Å². The zero-order valence-electron chi connectivity index (χ0n) is 37.2. The van der Waals surface area contributed by atoms with Crippen LogP contribution in [0.4, 0.5) is 0 Å². The van der Waals surface area contributed by atoms with E-state index in [1.807, 2.05) is 33.3 Å². The number of carbonyl (C=O) groups is 2. The molecule has 0 bridgehead atoms. The van der Waals surface area contributed by atoms with E-state index in [1.54, 1.807) is 0 Å². The number of phosphoric acid groups is 1. The van der Waals surface area contributed by atoms with Crippen molar-refractivity contribution >= 4 is 19.8 Å². The summed E-state index contributed by atoms with van der Waals surface area (Å²) in [5, 5.41) is 0. The molecule has 0 spiro atoms. The average molecular weight is 833 g/mol. The molecule has 0 aromatic carbocycles. The van der Waals surface area contributed by atoms with Gasteiger partial charge in [-0.05, 0) is 77.0 Å². The maximum Gasteiger partial charge on any atom is 0.472 e. The fraction of sp³-hybridized carbons (Fsp3) is 0.667. The molecule has 1 N–H and O–H groups in total. The summed E-state index contributed by atoms with van der Waals surface area (Å²) in [5.74, 6) is -0.914. The molecule has 0 aromatic rings. The standard InChI is InChI=1S/C48H82NO8P/c1-6-8-10-12-14-16-18-20-22-23-24-25-27-29-31-33-35-37-39-41-48(51)57-46(45-56-58(52,53)55-43-42-49(3,4)5)44-54-47(50)40-38-36-34-32-30-28-26-21-19-17-15-13-11-9-7-2/h8,10,14,16,20-22,24-26,29,31,35,37,46H,6-7,9,11-13,15,17-19,23,27-28,30,32-34,36,38-45H2,1-5H3/p+1/b10-8+,16-14+,22-20+,25-24+,26-21-,31-29+,37-35+/t46-/m1/s1. The van der Waals surface area contributed by atoms with Crippen molar-refractivity contribution in [3.63, 3.8) is 0 Å². The molecule has 58 heavy (non-hydrogen) atoms. The van der Waals surface area contributed by atoms with E-state index in [2.05, 4.69) is 86.8 Å². The Bertz CT molecular complexity index is 1260. The van der Waals surface area contributed by atoms with Crippen molar-refractivity contribution in [1.82, 2.24) is 0 Å². The number of allylic oxidation sites excluding steroid dienone is 14. The zero-order valence-corrected chi connectivity index (χ0v) is 38.1. The fourth-order valence-electron chi connectivity index (χ4n) is 5.44. The quantitative estimate of drug-likeness (QED) is 0.0214. The highest BCUT2D eigenvalue weighted by atomic mass is 31.2. The number of unbranched alkanes of at least 4 members (excludes halogenated alkanes) is 11. The molecule has 0 rings (SSSR count). The molecule has 0 radical (unpaired) electrons. The average Bonchev–Trinajstić information content (AvgIpc) is 3.17. The highest BCUT2D eigenvalue weighted by Crippen LogP contribution is 2.43. The first-order valence-corrected chi connectivity index (χ1v) is 23.8. The van der Waals surface area contributed by atoms with Crippen LogP contribution in [0.1, 0.15) is 155 Å². The van der Waals surface area contributed by atoms with E-state index in [0.29, 0.717) is 23.9 Å². The van der Waals surface area contributed by atoms with E-state index in [9.17, 15) is 19.0 Å². The van der Waals surface area contributed by atoms with Crippen molar-refractivity contribution in [2.24, 2.45) is 0 Å². The molecule has 0 saturated heterocycles. The summed E-state index contributed by atoms with van der Waals surface area (Å²) in [6, 6.07) is 0. The Labute approximate surface area is 354 Å². The Morgan fingerprint density at radius 3 is 1.53 bits per heavy atom. The third-order valence-electron chi connectivity index (χ3n) is 8.92. The summed E-state index contributed by atoms with van der Waals surface area (Å²) < 4.78 is 34.2. The van der Waals surface area contributed by atoms with Crippen molar-refractivity contribution in [1.29, 1.82) is 0 Å². The summed E-state index contributed by atoms with van der Waals surface area (Å²) in [4.78, 5) is 35.3. The first-order chi connectivity index (χ1) is 28.0. The van der Waals surface area contributed by atoms with Gasteiger partial charge in [0, 0.05) is 12.8 Å². The van der Waals surface area contributed by atoms with Crippen molar-refractivity contribution < 1.29 is 42.1 Å². The zero-order chi connectivity index (χ0) is 42.8. The molecular formula is C48H83NO8P+. The molecule has 10 heteroatoms. The third-order valence-corrected chi connectivity index (χ3v) is 9.91. The number of esters is 2. The molecule has 9 nitrogen and oxygen atoms in total. The number of carbonyl (C=O) groups excluding carboxylic acids is 2. The molecule has 0 aliphatic carbocycles. The highest BCUT2D eigenvalue weighted by Gasteiger charge is 2.27. The Morgan fingerprint density at radius 1 is 0.552 bits per heavy atom. The van der Waals surface area contributed by atoms with Crippen LogP contribution in [0.3, 0.4) is 0 Å². The number of quaternary nitrogens is 1. The minimum absolute atomic E-state index is 0.0125. The van der Waals surface area contributed by atoms with Crippen LogP contribution in [0.25, 0.3) is 0 Å². The first-order valence-electron chi connectivity index (χ1n) is 22.3. The summed E-state index contributed by atoms with van der Waals surface area (Å²) in [5.41, 5.74) is 0. The molecule has 2 atom stereocenters. The van der Waals surface area contributed by atoms with E-state index in [0.717, 1.165) is 70.6 Å². The number of hydrogen-bond acceptors (Lipinski definition) is 7. The lowest BCUT2D eigenvalue weighted by Crippen LogP contribution is -2.37. The van der Waals surface area contributed by atoms with Gasteiger partial charge in [-0.2, -0.15) is 0 Å². The molecule has 0 fully saturated rings. The minimum Gasteiger partial charge on any atom is -0.462 e. The number of likely N-dealkylation sites (N-methyl/N-ethyl adjacent to an activating group) is 1. The topological polar surface area (TPSA) is 108 Å². The van der Waals surface area contributed by atoms with E-state index < -0.39 is 32.5 Å². The molecular weight excluding hydrogens is 750 g/mol. The van der Waals surface area contributed by atoms with Gasteiger partial charge in [-0.1, -0.05) is 150 Å². The minimum atomic E-state index is -4.40. The molecule has 0 aliphatic heterocycles. The normalized spacial score (nSPS) is 14.4. The lowest BCUT2D eigenvalue weighted by Gasteiger charge is -2.24. The predicted octanol–water partition coefficient (Wildman–Crippen LogP) is 12.8. The van der Waals surface area contributed by atoms with Crippen molar-refractivity contribution in [2.75, 3.05) is 47.5 Å². The smallest absolute Gasteiger partial charge is 0.462 e. The number of ether oxygens (including phenoxy) is 2. The van der Waals surface area contributed by atoms with Crippen LogP contribution in [-0.2, 0) is 32.7 Å². The Balaban J connectivity index is 4.52. The van der Waals surface area contributed by atoms with E-state index in [1.165, 1.54) is 44.9 Å². The van der Waals surface area contributed by atoms with E-state index in [-0.39, 0.29) is 26.1 Å². The molecule has 0 aromatic heterocycles. The second-order valence-electron chi connectivity index (χ2n) is 15.7. The van der Waals surface area contributed by atoms with Gasteiger partial charge in [0.1, 0.15) is 19.8 Å². The highest BCUT2D eigenvalue weighted by molar-refractivity contribution is 7.47. The second kappa shape index (κ2) is 39.6. The maximum atomic E-state index is 12.7.